The number of ether oxygens (including phenoxy) is 1. The largest absolute Gasteiger partial charge is 0.463 e. The zero-order chi connectivity index (χ0) is 8.85. The summed E-state index contributed by atoms with van der Waals surface area (Å²) in [5, 5.41) is 12.6. The van der Waals surface area contributed by atoms with Gasteiger partial charge in [-0.2, -0.15) is 0 Å². The standard InChI is InChI=1S/C5H8N2O4/c1-3(8)6-4(7-10)5(9)11-2/h10H,1-2H3,(H,6,7,8). The summed E-state index contributed by atoms with van der Waals surface area (Å²) in [5.74, 6) is -1.94. The van der Waals surface area contributed by atoms with Crippen molar-refractivity contribution in [1.29, 1.82) is 0 Å². The fourth-order valence-corrected chi connectivity index (χ4v) is 0.380. The summed E-state index contributed by atoms with van der Waals surface area (Å²) in [4.78, 5) is 20.9. The van der Waals surface area contributed by atoms with Crippen molar-refractivity contribution in [2.45, 2.75) is 6.92 Å². The molecule has 2 N–H and O–H groups in total. The number of rotatable bonds is 0. The fraction of sp³-hybridized carbons (Fsp3) is 0.400. The summed E-state index contributed by atoms with van der Waals surface area (Å²) >= 11 is 0. The second kappa shape index (κ2) is 4.26. The molecule has 0 aromatic carbocycles. The number of amides is 1. The third kappa shape index (κ3) is 3.19. The summed E-state index contributed by atoms with van der Waals surface area (Å²) in [6, 6.07) is 0. The van der Waals surface area contributed by atoms with Gasteiger partial charge in [0.15, 0.2) is 0 Å². The lowest BCUT2D eigenvalue weighted by molar-refractivity contribution is -0.133. The van der Waals surface area contributed by atoms with Crippen LogP contribution in [-0.2, 0) is 14.3 Å². The average Bonchev–Trinajstić information content (AvgIpc) is 1.98. The number of carbonyl (C=O) groups excluding carboxylic acids is 2. The van der Waals surface area contributed by atoms with Crippen LogP contribution in [0.4, 0.5) is 0 Å². The molecule has 1 amide bonds. The first-order valence-corrected chi connectivity index (χ1v) is 2.69. The number of methoxy groups -OCH3 is 1. The maximum absolute atomic E-state index is 10.6. The molecule has 62 valence electrons. The van der Waals surface area contributed by atoms with Gasteiger partial charge in [-0.25, -0.2) is 4.79 Å². The predicted octanol–water partition coefficient (Wildman–Crippen LogP) is -0.917. The molecule has 11 heavy (non-hydrogen) atoms. The van der Waals surface area contributed by atoms with Gasteiger partial charge in [-0.05, 0) is 0 Å². The fourth-order valence-electron chi connectivity index (χ4n) is 0.380. The van der Waals surface area contributed by atoms with Gasteiger partial charge in [-0.3, -0.25) is 4.79 Å². The van der Waals surface area contributed by atoms with Crippen molar-refractivity contribution in [3.8, 4) is 0 Å². The molecule has 0 aliphatic rings. The van der Waals surface area contributed by atoms with Crippen LogP contribution in [0.15, 0.2) is 5.16 Å². The van der Waals surface area contributed by atoms with E-state index in [9.17, 15) is 9.59 Å². The van der Waals surface area contributed by atoms with Crippen molar-refractivity contribution < 1.29 is 19.5 Å². The van der Waals surface area contributed by atoms with Crippen molar-refractivity contribution in [1.82, 2.24) is 5.32 Å². The first kappa shape index (κ1) is 9.41. The second-order valence-corrected chi connectivity index (χ2v) is 1.62. The van der Waals surface area contributed by atoms with Gasteiger partial charge in [-0.1, -0.05) is 5.16 Å². The van der Waals surface area contributed by atoms with E-state index in [1.54, 1.807) is 0 Å². The van der Waals surface area contributed by atoms with E-state index in [-0.39, 0.29) is 0 Å². The summed E-state index contributed by atoms with van der Waals surface area (Å²) in [7, 11) is 1.11. The summed E-state index contributed by atoms with van der Waals surface area (Å²) in [6.07, 6.45) is 0. The molecule has 0 radical (unpaired) electrons. The minimum atomic E-state index is -0.900. The van der Waals surface area contributed by atoms with E-state index in [2.05, 4.69) is 9.89 Å². The molecule has 0 atom stereocenters. The van der Waals surface area contributed by atoms with E-state index in [0.29, 0.717) is 0 Å². The molecule has 0 saturated heterocycles. The Morgan fingerprint density at radius 1 is 1.55 bits per heavy atom. The highest BCUT2D eigenvalue weighted by molar-refractivity contribution is 6.37. The van der Waals surface area contributed by atoms with Crippen LogP contribution in [-0.4, -0.2) is 30.0 Å². The van der Waals surface area contributed by atoms with Gasteiger partial charge in [0.2, 0.25) is 5.91 Å². The molecule has 0 heterocycles. The van der Waals surface area contributed by atoms with E-state index >= 15 is 0 Å². The van der Waals surface area contributed by atoms with Gasteiger partial charge in [0.1, 0.15) is 0 Å². The van der Waals surface area contributed by atoms with Crippen LogP contribution in [0.5, 0.6) is 0 Å². The molecule has 0 fully saturated rings. The highest BCUT2D eigenvalue weighted by atomic mass is 16.5. The normalized spacial score (nSPS) is 10.5. The van der Waals surface area contributed by atoms with Crippen LogP contribution in [0.1, 0.15) is 6.92 Å². The minimum absolute atomic E-state index is 0.511. The summed E-state index contributed by atoms with van der Waals surface area (Å²) in [5.41, 5.74) is 0. The molecule has 0 rings (SSSR count). The highest BCUT2D eigenvalue weighted by Gasteiger charge is 2.12. The van der Waals surface area contributed by atoms with Gasteiger partial charge in [0.05, 0.1) is 7.11 Å². The van der Waals surface area contributed by atoms with Gasteiger partial charge in [-0.15, -0.1) is 0 Å². The molecule has 0 aromatic heterocycles. The van der Waals surface area contributed by atoms with Crippen LogP contribution in [0, 0.1) is 0 Å². The number of amidine groups is 1. The smallest absolute Gasteiger partial charge is 0.377 e. The van der Waals surface area contributed by atoms with E-state index in [4.69, 9.17) is 5.21 Å². The van der Waals surface area contributed by atoms with E-state index < -0.39 is 17.7 Å². The second-order valence-electron chi connectivity index (χ2n) is 1.62. The summed E-state index contributed by atoms with van der Waals surface area (Å²) in [6.45, 7) is 1.17. The van der Waals surface area contributed by atoms with Gasteiger partial charge < -0.3 is 15.3 Å². The highest BCUT2D eigenvalue weighted by Crippen LogP contribution is 1.77. The number of hydrogen-bond donors (Lipinski definition) is 2. The summed E-state index contributed by atoms with van der Waals surface area (Å²) < 4.78 is 4.16. The lowest BCUT2D eigenvalue weighted by Crippen LogP contribution is -2.35. The van der Waals surface area contributed by atoms with E-state index in [1.165, 1.54) is 6.92 Å². The zero-order valence-corrected chi connectivity index (χ0v) is 6.12. The number of hydrogen-bond acceptors (Lipinski definition) is 5. The third-order valence-corrected chi connectivity index (χ3v) is 0.773. The van der Waals surface area contributed by atoms with Gasteiger partial charge in [0, 0.05) is 6.92 Å². The number of carbonyl (C=O) groups is 2. The first-order chi connectivity index (χ1) is 5.11. The topological polar surface area (TPSA) is 88.0 Å². The molecule has 0 bridgehead atoms. The molecule has 0 unspecified atom stereocenters. The SMILES string of the molecule is COC(=O)/C(=N/O)NC(C)=O. The van der Waals surface area contributed by atoms with Crippen molar-refractivity contribution in [2.24, 2.45) is 5.16 Å². The number of nitrogens with one attached hydrogen (secondary N) is 1. The lowest BCUT2D eigenvalue weighted by Gasteiger charge is -2.00. The molecule has 0 aromatic rings. The van der Waals surface area contributed by atoms with E-state index in [1.807, 2.05) is 5.32 Å². The maximum atomic E-state index is 10.6. The van der Waals surface area contributed by atoms with Crippen LogP contribution in [0.2, 0.25) is 0 Å². The monoisotopic (exact) mass is 160 g/mol. The Morgan fingerprint density at radius 3 is 2.36 bits per heavy atom. The van der Waals surface area contributed by atoms with Gasteiger partial charge >= 0.3 is 5.97 Å². The maximum Gasteiger partial charge on any atom is 0.377 e. The molecule has 6 heteroatoms. The Kier molecular flexibility index (Phi) is 3.65. The predicted molar refractivity (Wildman–Crippen MR) is 35.1 cm³/mol. The van der Waals surface area contributed by atoms with Crippen LogP contribution in [0.3, 0.4) is 0 Å². The van der Waals surface area contributed by atoms with Gasteiger partial charge in [0.25, 0.3) is 5.84 Å². The third-order valence-electron chi connectivity index (χ3n) is 0.773. The van der Waals surface area contributed by atoms with E-state index in [0.717, 1.165) is 7.11 Å². The zero-order valence-electron chi connectivity index (χ0n) is 6.12. The van der Waals surface area contributed by atoms with Crippen LogP contribution in [0.25, 0.3) is 0 Å². The Hall–Kier alpha value is -1.59. The van der Waals surface area contributed by atoms with Crippen LogP contribution >= 0.6 is 0 Å². The molecular formula is C5H8N2O4. The number of esters is 1. The van der Waals surface area contributed by atoms with Crippen molar-refractivity contribution in [3.05, 3.63) is 0 Å². The number of oxime groups is 1. The molecular weight excluding hydrogens is 152 g/mol. The molecule has 0 aliphatic carbocycles. The Balaban J connectivity index is 4.20. The van der Waals surface area contributed by atoms with Crippen molar-refractivity contribution >= 4 is 17.7 Å². The number of nitrogens with zero attached hydrogens (tertiary/aromatic N) is 1. The van der Waals surface area contributed by atoms with Crippen molar-refractivity contribution in [3.63, 3.8) is 0 Å². The molecule has 0 saturated carbocycles. The Labute approximate surface area is 62.8 Å². The van der Waals surface area contributed by atoms with Crippen LogP contribution < -0.4 is 5.32 Å². The Bertz CT molecular complexity index is 199. The minimum Gasteiger partial charge on any atom is -0.463 e. The molecule has 0 spiro atoms. The molecule has 0 aliphatic heterocycles. The quantitative estimate of drug-likeness (QED) is 0.158. The average molecular weight is 160 g/mol. The Morgan fingerprint density at radius 2 is 2.09 bits per heavy atom. The first-order valence-electron chi connectivity index (χ1n) is 2.69. The lowest BCUT2D eigenvalue weighted by atomic mass is 10.5. The van der Waals surface area contributed by atoms with Crippen molar-refractivity contribution in [2.75, 3.05) is 7.11 Å². The molecule has 6 nitrogen and oxygen atoms in total.